The third kappa shape index (κ3) is 3.66. The Morgan fingerprint density at radius 1 is 1.32 bits per heavy atom. The van der Waals surface area contributed by atoms with Crippen LogP contribution < -0.4 is 5.43 Å². The molecule has 0 amide bonds. The standard InChI is InChI=1S/C15H13N3O4/c1-10-5-6-11(7-14(10)18(21)22)9-16-17-13-4-2-3-12(8-13)15(19)20/h2-9,17H,1H3,(H,19,20). The molecule has 0 spiro atoms. The van der Waals surface area contributed by atoms with Crippen LogP contribution in [0.5, 0.6) is 0 Å². The maximum atomic E-state index is 10.9. The fourth-order valence-corrected chi connectivity index (χ4v) is 1.81. The van der Waals surface area contributed by atoms with Crippen molar-refractivity contribution >= 4 is 23.6 Å². The number of hydrogen-bond acceptors (Lipinski definition) is 5. The van der Waals surface area contributed by atoms with Gasteiger partial charge in [-0.1, -0.05) is 18.2 Å². The lowest BCUT2D eigenvalue weighted by Gasteiger charge is -2.02. The number of nitro groups is 1. The highest BCUT2D eigenvalue weighted by Gasteiger charge is 2.09. The van der Waals surface area contributed by atoms with Crippen LogP contribution in [0.3, 0.4) is 0 Å². The van der Waals surface area contributed by atoms with E-state index in [9.17, 15) is 14.9 Å². The van der Waals surface area contributed by atoms with E-state index < -0.39 is 10.9 Å². The molecule has 0 saturated carbocycles. The van der Waals surface area contributed by atoms with Crippen molar-refractivity contribution in [2.45, 2.75) is 6.92 Å². The molecule has 112 valence electrons. The molecule has 0 unspecified atom stereocenters. The van der Waals surface area contributed by atoms with Gasteiger partial charge in [0.25, 0.3) is 5.69 Å². The zero-order valence-electron chi connectivity index (χ0n) is 11.7. The number of nitrogens with zero attached hydrogens (tertiary/aromatic N) is 2. The van der Waals surface area contributed by atoms with Crippen molar-refractivity contribution in [1.82, 2.24) is 0 Å². The molecule has 0 radical (unpaired) electrons. The first-order chi connectivity index (χ1) is 10.5. The molecule has 0 fully saturated rings. The fraction of sp³-hybridized carbons (Fsp3) is 0.0667. The van der Waals surface area contributed by atoms with Gasteiger partial charge in [-0.15, -0.1) is 0 Å². The second-order valence-electron chi connectivity index (χ2n) is 4.56. The number of rotatable bonds is 5. The van der Waals surface area contributed by atoms with Gasteiger partial charge in [0.1, 0.15) is 0 Å². The minimum absolute atomic E-state index is 0.0248. The second-order valence-corrected chi connectivity index (χ2v) is 4.56. The van der Waals surface area contributed by atoms with Gasteiger partial charge in [-0.3, -0.25) is 15.5 Å². The smallest absolute Gasteiger partial charge is 0.335 e. The number of carboxylic acids is 1. The molecule has 7 heteroatoms. The molecule has 0 aliphatic heterocycles. The normalized spacial score (nSPS) is 10.6. The molecule has 0 aliphatic rings. The predicted molar refractivity (Wildman–Crippen MR) is 82.5 cm³/mol. The third-order valence-electron chi connectivity index (χ3n) is 2.95. The Labute approximate surface area is 126 Å². The summed E-state index contributed by atoms with van der Waals surface area (Å²) in [5, 5.41) is 23.7. The predicted octanol–water partition coefficient (Wildman–Crippen LogP) is 3.05. The average molecular weight is 299 g/mol. The molecule has 7 nitrogen and oxygen atoms in total. The molecule has 2 aromatic carbocycles. The van der Waals surface area contributed by atoms with Gasteiger partial charge in [-0.25, -0.2) is 4.79 Å². The monoisotopic (exact) mass is 299 g/mol. The van der Waals surface area contributed by atoms with Crippen molar-refractivity contribution in [3.8, 4) is 0 Å². The minimum atomic E-state index is -1.03. The van der Waals surface area contributed by atoms with E-state index in [1.165, 1.54) is 24.4 Å². The van der Waals surface area contributed by atoms with Gasteiger partial charge in [0, 0.05) is 17.2 Å². The molecule has 0 aliphatic carbocycles. The van der Waals surface area contributed by atoms with Crippen molar-refractivity contribution in [2.75, 3.05) is 5.43 Å². The number of aromatic carboxylic acids is 1. The highest BCUT2D eigenvalue weighted by Crippen LogP contribution is 2.18. The van der Waals surface area contributed by atoms with Crippen LogP contribution in [-0.2, 0) is 0 Å². The van der Waals surface area contributed by atoms with Crippen LogP contribution in [-0.4, -0.2) is 22.2 Å². The van der Waals surface area contributed by atoms with Gasteiger partial charge >= 0.3 is 5.97 Å². The van der Waals surface area contributed by atoms with E-state index in [1.54, 1.807) is 31.2 Å². The molecule has 2 aromatic rings. The van der Waals surface area contributed by atoms with Crippen LogP contribution in [0.1, 0.15) is 21.5 Å². The number of carbonyl (C=O) groups is 1. The van der Waals surface area contributed by atoms with E-state index in [0.717, 1.165) is 0 Å². The zero-order valence-corrected chi connectivity index (χ0v) is 11.7. The summed E-state index contributed by atoms with van der Waals surface area (Å²) in [5.74, 6) is -1.03. The largest absolute Gasteiger partial charge is 0.478 e. The van der Waals surface area contributed by atoms with E-state index in [0.29, 0.717) is 16.8 Å². The van der Waals surface area contributed by atoms with Crippen molar-refractivity contribution in [2.24, 2.45) is 5.10 Å². The van der Waals surface area contributed by atoms with Gasteiger partial charge in [0.2, 0.25) is 0 Å². The van der Waals surface area contributed by atoms with Crippen molar-refractivity contribution in [1.29, 1.82) is 0 Å². The first-order valence-electron chi connectivity index (χ1n) is 6.35. The lowest BCUT2D eigenvalue weighted by atomic mass is 10.1. The Kier molecular flexibility index (Phi) is 4.47. The number of nitrogens with one attached hydrogen (secondary N) is 1. The number of aryl methyl sites for hydroxylation is 1. The van der Waals surface area contributed by atoms with Crippen molar-refractivity contribution in [3.63, 3.8) is 0 Å². The van der Waals surface area contributed by atoms with Gasteiger partial charge in [-0.2, -0.15) is 5.10 Å². The molecule has 0 bridgehead atoms. The summed E-state index contributed by atoms with van der Waals surface area (Å²) in [7, 11) is 0. The lowest BCUT2D eigenvalue weighted by Crippen LogP contribution is -1.98. The van der Waals surface area contributed by atoms with Crippen molar-refractivity contribution in [3.05, 3.63) is 69.3 Å². The van der Waals surface area contributed by atoms with Crippen LogP contribution in [0.15, 0.2) is 47.6 Å². The Balaban J connectivity index is 2.13. The number of carboxylic acid groups (broad SMARTS) is 1. The summed E-state index contributed by atoms with van der Waals surface area (Å²) in [6.45, 7) is 1.66. The minimum Gasteiger partial charge on any atom is -0.478 e. The SMILES string of the molecule is Cc1ccc(C=NNc2cccc(C(=O)O)c2)cc1[N+](=O)[O-]. The number of nitro benzene ring substituents is 1. The van der Waals surface area contributed by atoms with E-state index in [1.807, 2.05) is 0 Å². The van der Waals surface area contributed by atoms with Gasteiger partial charge in [0.15, 0.2) is 0 Å². The summed E-state index contributed by atoms with van der Waals surface area (Å²) >= 11 is 0. The van der Waals surface area contributed by atoms with Crippen molar-refractivity contribution < 1.29 is 14.8 Å². The van der Waals surface area contributed by atoms with Gasteiger partial charge < -0.3 is 5.11 Å². The molecular weight excluding hydrogens is 286 g/mol. The van der Waals surface area contributed by atoms with Crippen LogP contribution in [0, 0.1) is 17.0 Å². The molecule has 0 saturated heterocycles. The highest BCUT2D eigenvalue weighted by molar-refractivity contribution is 5.89. The first-order valence-corrected chi connectivity index (χ1v) is 6.35. The highest BCUT2D eigenvalue weighted by atomic mass is 16.6. The summed E-state index contributed by atoms with van der Waals surface area (Å²) in [6.07, 6.45) is 1.43. The van der Waals surface area contributed by atoms with Crippen LogP contribution >= 0.6 is 0 Å². The Morgan fingerprint density at radius 2 is 2.09 bits per heavy atom. The average Bonchev–Trinajstić information content (AvgIpc) is 2.49. The fourth-order valence-electron chi connectivity index (χ4n) is 1.81. The van der Waals surface area contributed by atoms with Crippen LogP contribution in [0.2, 0.25) is 0 Å². The molecule has 2 rings (SSSR count). The van der Waals surface area contributed by atoms with Crippen LogP contribution in [0.25, 0.3) is 0 Å². The van der Waals surface area contributed by atoms with E-state index >= 15 is 0 Å². The van der Waals surface area contributed by atoms with Gasteiger partial charge in [0.05, 0.1) is 22.4 Å². The quantitative estimate of drug-likeness (QED) is 0.501. The third-order valence-corrected chi connectivity index (χ3v) is 2.95. The number of benzene rings is 2. The summed E-state index contributed by atoms with van der Waals surface area (Å²) in [5.41, 5.74) is 4.51. The molecule has 0 atom stereocenters. The van der Waals surface area contributed by atoms with Gasteiger partial charge in [-0.05, 0) is 25.1 Å². The zero-order chi connectivity index (χ0) is 16.1. The number of anilines is 1. The topological polar surface area (TPSA) is 105 Å². The number of hydrazone groups is 1. The van der Waals surface area contributed by atoms with Crippen LogP contribution in [0.4, 0.5) is 11.4 Å². The van der Waals surface area contributed by atoms with E-state index in [-0.39, 0.29) is 11.3 Å². The lowest BCUT2D eigenvalue weighted by molar-refractivity contribution is -0.385. The summed E-state index contributed by atoms with van der Waals surface area (Å²) in [6, 6.07) is 11.0. The molecule has 2 N–H and O–H groups in total. The molecule has 22 heavy (non-hydrogen) atoms. The number of hydrogen-bond donors (Lipinski definition) is 2. The molecular formula is C15H13N3O4. The maximum absolute atomic E-state index is 10.9. The Bertz CT molecular complexity index is 756. The second kappa shape index (κ2) is 6.49. The summed E-state index contributed by atoms with van der Waals surface area (Å²) in [4.78, 5) is 21.3. The maximum Gasteiger partial charge on any atom is 0.335 e. The van der Waals surface area contributed by atoms with E-state index in [4.69, 9.17) is 5.11 Å². The summed E-state index contributed by atoms with van der Waals surface area (Å²) < 4.78 is 0. The molecule has 0 heterocycles. The van der Waals surface area contributed by atoms with E-state index in [2.05, 4.69) is 10.5 Å². The molecule has 0 aromatic heterocycles. The Hall–Kier alpha value is -3.22. The Morgan fingerprint density at radius 3 is 2.77 bits per heavy atom. The first kappa shape index (κ1) is 15.2.